The van der Waals surface area contributed by atoms with Crippen LogP contribution in [0.3, 0.4) is 0 Å². The lowest BCUT2D eigenvalue weighted by atomic mass is 10.2. The standard InChI is InChI=1S/C22H20N2O2/c1-15-7-9-18(10-8-15)14-25-20-6-4-5-19(11-20)13-24-22-21(12-23)16(2)17(3)26-22/h4-11,13H,14H2,1-3H3/b24-13+. The smallest absolute Gasteiger partial charge is 0.237 e. The highest BCUT2D eigenvalue weighted by Crippen LogP contribution is 2.28. The van der Waals surface area contributed by atoms with E-state index in [0.717, 1.165) is 22.4 Å². The maximum atomic E-state index is 9.25. The number of nitrogens with zero attached hydrogens (tertiary/aromatic N) is 2. The molecule has 0 fully saturated rings. The van der Waals surface area contributed by atoms with Gasteiger partial charge in [-0.1, -0.05) is 42.0 Å². The molecule has 3 aromatic rings. The van der Waals surface area contributed by atoms with Gasteiger partial charge in [-0.2, -0.15) is 5.26 Å². The molecule has 1 heterocycles. The molecule has 26 heavy (non-hydrogen) atoms. The van der Waals surface area contributed by atoms with Gasteiger partial charge in [0.1, 0.15) is 29.7 Å². The summed E-state index contributed by atoms with van der Waals surface area (Å²) in [6.07, 6.45) is 1.68. The van der Waals surface area contributed by atoms with Gasteiger partial charge in [-0.15, -0.1) is 0 Å². The van der Waals surface area contributed by atoms with Crippen LogP contribution >= 0.6 is 0 Å². The number of aryl methyl sites for hydroxylation is 2. The number of hydrogen-bond acceptors (Lipinski definition) is 4. The first-order valence-electron chi connectivity index (χ1n) is 8.39. The first-order valence-corrected chi connectivity index (χ1v) is 8.39. The van der Waals surface area contributed by atoms with Crippen molar-refractivity contribution in [3.8, 4) is 11.8 Å². The van der Waals surface area contributed by atoms with E-state index in [-0.39, 0.29) is 0 Å². The van der Waals surface area contributed by atoms with E-state index in [4.69, 9.17) is 9.15 Å². The van der Waals surface area contributed by atoms with Gasteiger partial charge in [0.05, 0.1) is 0 Å². The summed E-state index contributed by atoms with van der Waals surface area (Å²) in [5.74, 6) is 1.82. The second-order valence-electron chi connectivity index (χ2n) is 6.18. The van der Waals surface area contributed by atoms with Crippen LogP contribution in [0.5, 0.6) is 5.75 Å². The Labute approximate surface area is 153 Å². The van der Waals surface area contributed by atoms with Crippen molar-refractivity contribution in [1.29, 1.82) is 5.26 Å². The van der Waals surface area contributed by atoms with E-state index in [0.29, 0.717) is 23.8 Å². The largest absolute Gasteiger partial charge is 0.489 e. The summed E-state index contributed by atoms with van der Waals surface area (Å²) < 4.78 is 11.4. The minimum absolute atomic E-state index is 0.341. The normalized spacial score (nSPS) is 10.8. The minimum Gasteiger partial charge on any atom is -0.489 e. The van der Waals surface area contributed by atoms with Gasteiger partial charge in [0.25, 0.3) is 0 Å². The number of hydrogen-bond donors (Lipinski definition) is 0. The van der Waals surface area contributed by atoms with Gasteiger partial charge in [-0.25, -0.2) is 4.99 Å². The highest BCUT2D eigenvalue weighted by atomic mass is 16.5. The van der Waals surface area contributed by atoms with Crippen molar-refractivity contribution >= 4 is 12.1 Å². The Morgan fingerprint density at radius 1 is 1.12 bits per heavy atom. The number of benzene rings is 2. The van der Waals surface area contributed by atoms with E-state index >= 15 is 0 Å². The number of furan rings is 1. The fourth-order valence-corrected chi connectivity index (χ4v) is 2.50. The molecule has 0 aliphatic carbocycles. The molecule has 130 valence electrons. The van der Waals surface area contributed by atoms with Crippen molar-refractivity contribution in [2.24, 2.45) is 4.99 Å². The highest BCUT2D eigenvalue weighted by molar-refractivity contribution is 5.82. The topological polar surface area (TPSA) is 58.5 Å². The average Bonchev–Trinajstić information content (AvgIpc) is 2.93. The van der Waals surface area contributed by atoms with Gasteiger partial charge >= 0.3 is 0 Å². The van der Waals surface area contributed by atoms with Gasteiger partial charge in [-0.3, -0.25) is 0 Å². The molecule has 0 N–H and O–H groups in total. The van der Waals surface area contributed by atoms with Crippen molar-refractivity contribution < 1.29 is 9.15 Å². The first kappa shape index (κ1) is 17.5. The monoisotopic (exact) mass is 344 g/mol. The highest BCUT2D eigenvalue weighted by Gasteiger charge is 2.12. The molecule has 3 rings (SSSR count). The maximum Gasteiger partial charge on any atom is 0.237 e. The summed E-state index contributed by atoms with van der Waals surface area (Å²) >= 11 is 0. The molecule has 0 bridgehead atoms. The van der Waals surface area contributed by atoms with Crippen molar-refractivity contribution in [3.05, 3.63) is 82.1 Å². The van der Waals surface area contributed by atoms with Gasteiger partial charge < -0.3 is 9.15 Å². The molecule has 0 saturated heterocycles. The van der Waals surface area contributed by atoms with Crippen LogP contribution in [-0.4, -0.2) is 6.21 Å². The second kappa shape index (κ2) is 7.71. The molecular weight excluding hydrogens is 324 g/mol. The molecule has 0 saturated carbocycles. The van der Waals surface area contributed by atoms with E-state index in [9.17, 15) is 5.26 Å². The second-order valence-corrected chi connectivity index (χ2v) is 6.18. The van der Waals surface area contributed by atoms with Gasteiger partial charge in [0.15, 0.2) is 0 Å². The van der Waals surface area contributed by atoms with E-state index in [1.165, 1.54) is 5.56 Å². The Morgan fingerprint density at radius 2 is 1.88 bits per heavy atom. The molecule has 0 atom stereocenters. The van der Waals surface area contributed by atoms with Crippen LogP contribution in [-0.2, 0) is 6.61 Å². The molecule has 0 aliphatic rings. The van der Waals surface area contributed by atoms with Gasteiger partial charge in [-0.05, 0) is 44.0 Å². The van der Waals surface area contributed by atoms with Crippen LogP contribution < -0.4 is 4.74 Å². The van der Waals surface area contributed by atoms with E-state index < -0.39 is 0 Å². The van der Waals surface area contributed by atoms with Crippen molar-refractivity contribution in [3.63, 3.8) is 0 Å². The first-order chi connectivity index (χ1) is 12.6. The molecule has 0 spiro atoms. The van der Waals surface area contributed by atoms with Crippen LogP contribution in [0, 0.1) is 32.1 Å². The number of aliphatic imine (C=N–C) groups is 1. The molecule has 4 nitrogen and oxygen atoms in total. The maximum absolute atomic E-state index is 9.25. The summed E-state index contributed by atoms with van der Waals surface area (Å²) in [6, 6.07) is 18.1. The Hall–Kier alpha value is -3.32. The number of ether oxygens (including phenoxy) is 1. The van der Waals surface area contributed by atoms with Crippen molar-refractivity contribution in [2.75, 3.05) is 0 Å². The quantitative estimate of drug-likeness (QED) is 0.582. The van der Waals surface area contributed by atoms with Gasteiger partial charge in [0, 0.05) is 11.8 Å². The molecule has 0 unspecified atom stereocenters. The zero-order valence-corrected chi connectivity index (χ0v) is 15.1. The lowest BCUT2D eigenvalue weighted by molar-refractivity contribution is 0.306. The summed E-state index contributed by atoms with van der Waals surface area (Å²) in [5.41, 5.74) is 4.53. The molecule has 1 aromatic heterocycles. The third kappa shape index (κ3) is 4.01. The predicted molar refractivity (Wildman–Crippen MR) is 102 cm³/mol. The van der Waals surface area contributed by atoms with Gasteiger partial charge in [0.2, 0.25) is 5.88 Å². The van der Waals surface area contributed by atoms with Crippen molar-refractivity contribution in [1.82, 2.24) is 0 Å². The summed E-state index contributed by atoms with van der Waals surface area (Å²) in [6.45, 7) is 6.26. The Morgan fingerprint density at radius 3 is 2.62 bits per heavy atom. The Bertz CT molecular complexity index is 976. The SMILES string of the molecule is Cc1ccc(COc2cccc(/C=N/c3oc(C)c(C)c3C#N)c2)cc1. The third-order valence-electron chi connectivity index (χ3n) is 4.19. The van der Waals surface area contributed by atoms with Crippen LogP contribution in [0.1, 0.15) is 33.6 Å². The minimum atomic E-state index is 0.341. The van der Waals surface area contributed by atoms with Crippen LogP contribution in [0.4, 0.5) is 5.88 Å². The molecule has 0 amide bonds. The lowest BCUT2D eigenvalue weighted by Crippen LogP contribution is -1.96. The molecule has 0 aliphatic heterocycles. The summed E-state index contributed by atoms with van der Waals surface area (Å²) in [4.78, 5) is 4.33. The Kier molecular flexibility index (Phi) is 5.19. The zero-order chi connectivity index (χ0) is 18.5. The van der Waals surface area contributed by atoms with E-state index in [1.54, 1.807) is 6.21 Å². The Balaban J connectivity index is 1.72. The molecule has 4 heteroatoms. The molecule has 2 aromatic carbocycles. The zero-order valence-electron chi connectivity index (χ0n) is 15.1. The summed E-state index contributed by atoms with van der Waals surface area (Å²) in [7, 11) is 0. The summed E-state index contributed by atoms with van der Waals surface area (Å²) in [5, 5.41) is 9.25. The van der Waals surface area contributed by atoms with Crippen molar-refractivity contribution in [2.45, 2.75) is 27.4 Å². The average molecular weight is 344 g/mol. The van der Waals surface area contributed by atoms with Crippen LogP contribution in [0.15, 0.2) is 57.9 Å². The van der Waals surface area contributed by atoms with Crippen LogP contribution in [0.2, 0.25) is 0 Å². The molecule has 0 radical (unpaired) electrons. The van der Waals surface area contributed by atoms with Crippen LogP contribution in [0.25, 0.3) is 0 Å². The third-order valence-corrected chi connectivity index (χ3v) is 4.19. The number of rotatable bonds is 5. The fraction of sp³-hybridized carbons (Fsp3) is 0.182. The fourth-order valence-electron chi connectivity index (χ4n) is 2.50. The van der Waals surface area contributed by atoms with E-state index in [2.05, 4.69) is 42.3 Å². The number of nitriles is 1. The molecular formula is C22H20N2O2. The predicted octanol–water partition coefficient (Wildman–Crippen LogP) is 5.41. The van der Waals surface area contributed by atoms with E-state index in [1.807, 2.05) is 38.1 Å². The lowest BCUT2D eigenvalue weighted by Gasteiger charge is -2.07.